The average Bonchev–Trinajstić information content (AvgIpc) is 3.67. The minimum atomic E-state index is -0.345. The van der Waals surface area contributed by atoms with Crippen LogP contribution in [0.25, 0.3) is 45.1 Å². The van der Waals surface area contributed by atoms with E-state index in [2.05, 4.69) is 15.1 Å². The lowest BCUT2D eigenvalue weighted by Gasteiger charge is -2.27. The molecule has 2 aromatic heterocycles. The van der Waals surface area contributed by atoms with Crippen LogP contribution in [-0.2, 0) is 13.6 Å². The van der Waals surface area contributed by atoms with Crippen LogP contribution in [0.4, 0.5) is 4.39 Å². The number of oxazole rings is 1. The lowest BCUT2D eigenvalue weighted by Crippen LogP contribution is -2.36. The summed E-state index contributed by atoms with van der Waals surface area (Å²) < 4.78 is 27.9. The van der Waals surface area contributed by atoms with Crippen LogP contribution < -0.4 is 4.74 Å². The number of hydrogen-bond donors (Lipinski definition) is 1. The zero-order chi connectivity index (χ0) is 27.1. The van der Waals surface area contributed by atoms with E-state index in [0.29, 0.717) is 40.7 Å². The van der Waals surface area contributed by atoms with Gasteiger partial charge in [-0.15, -0.1) is 10.2 Å². The van der Waals surface area contributed by atoms with Crippen LogP contribution in [0, 0.1) is 5.82 Å². The second-order valence-corrected chi connectivity index (χ2v) is 10.2. The van der Waals surface area contributed by atoms with Crippen molar-refractivity contribution in [2.75, 3.05) is 14.2 Å². The van der Waals surface area contributed by atoms with Gasteiger partial charge in [0.15, 0.2) is 17.2 Å². The quantitative estimate of drug-likeness (QED) is 0.301. The zero-order valence-electron chi connectivity index (χ0n) is 22.1. The molecule has 1 fully saturated rings. The first kappa shape index (κ1) is 25.2. The molecule has 0 bridgehead atoms. The molecule has 2 atom stereocenters. The lowest BCUT2D eigenvalue weighted by molar-refractivity contribution is 0.0825. The molecule has 200 valence electrons. The van der Waals surface area contributed by atoms with Gasteiger partial charge >= 0.3 is 0 Å². The summed E-state index contributed by atoms with van der Waals surface area (Å²) in [5.41, 5.74) is 5.44. The van der Waals surface area contributed by atoms with E-state index in [1.807, 2.05) is 50.5 Å². The molecule has 0 aliphatic heterocycles. The molecule has 0 spiro atoms. The van der Waals surface area contributed by atoms with Gasteiger partial charge in [0.1, 0.15) is 17.7 Å². The van der Waals surface area contributed by atoms with Crippen LogP contribution in [0.1, 0.15) is 24.8 Å². The third-order valence-electron chi connectivity index (χ3n) is 7.53. The SMILES string of the molecule is COc1cc(CN(C)[C@@H]2CCC[C@@H]2O)cc2nc(-c3cccc(-c4ccc(F)cc4-c4nncn4C)c3)oc12. The summed E-state index contributed by atoms with van der Waals surface area (Å²) in [6.45, 7) is 0.668. The van der Waals surface area contributed by atoms with Crippen LogP contribution in [0.3, 0.4) is 0 Å². The zero-order valence-corrected chi connectivity index (χ0v) is 22.1. The Morgan fingerprint density at radius 2 is 1.95 bits per heavy atom. The Hall–Kier alpha value is -4.08. The predicted molar refractivity (Wildman–Crippen MR) is 147 cm³/mol. The number of benzene rings is 3. The number of ether oxygens (including phenoxy) is 1. The van der Waals surface area contributed by atoms with Gasteiger partial charge in [0, 0.05) is 30.8 Å². The molecule has 0 radical (unpaired) electrons. The lowest BCUT2D eigenvalue weighted by atomic mass is 9.97. The molecule has 0 saturated heterocycles. The van der Waals surface area contributed by atoms with E-state index in [4.69, 9.17) is 14.1 Å². The number of aromatic nitrogens is 4. The first-order valence-electron chi connectivity index (χ1n) is 13.0. The van der Waals surface area contributed by atoms with Crippen molar-refractivity contribution >= 4 is 11.1 Å². The minimum Gasteiger partial charge on any atom is -0.493 e. The van der Waals surface area contributed by atoms with Crippen LogP contribution in [0.15, 0.2) is 65.3 Å². The number of aliphatic hydroxyl groups excluding tert-OH is 1. The van der Waals surface area contributed by atoms with Gasteiger partial charge in [-0.1, -0.05) is 18.2 Å². The molecule has 0 amide bonds. The number of likely N-dealkylation sites (N-methyl/N-ethyl adjacent to an activating group) is 1. The molecule has 6 rings (SSSR count). The highest BCUT2D eigenvalue weighted by Gasteiger charge is 2.29. The second kappa shape index (κ2) is 10.2. The highest BCUT2D eigenvalue weighted by Crippen LogP contribution is 2.36. The Balaban J connectivity index is 1.36. The number of aryl methyl sites for hydroxylation is 1. The summed E-state index contributed by atoms with van der Waals surface area (Å²) in [5.74, 6) is 1.30. The van der Waals surface area contributed by atoms with Crippen molar-refractivity contribution in [1.29, 1.82) is 0 Å². The Kier molecular flexibility index (Phi) is 6.62. The Labute approximate surface area is 225 Å². The van der Waals surface area contributed by atoms with E-state index >= 15 is 0 Å². The highest BCUT2D eigenvalue weighted by molar-refractivity contribution is 5.85. The molecule has 1 aliphatic rings. The fourth-order valence-electron chi connectivity index (χ4n) is 5.56. The van der Waals surface area contributed by atoms with Crippen molar-refractivity contribution < 1.29 is 18.7 Å². The molecule has 9 heteroatoms. The summed E-state index contributed by atoms with van der Waals surface area (Å²) in [7, 11) is 5.49. The Morgan fingerprint density at radius 1 is 1.10 bits per heavy atom. The van der Waals surface area contributed by atoms with Crippen molar-refractivity contribution in [2.45, 2.75) is 38.0 Å². The highest BCUT2D eigenvalue weighted by atomic mass is 19.1. The van der Waals surface area contributed by atoms with Gasteiger partial charge in [0.2, 0.25) is 5.89 Å². The van der Waals surface area contributed by atoms with Gasteiger partial charge in [-0.2, -0.15) is 0 Å². The van der Waals surface area contributed by atoms with E-state index in [-0.39, 0.29) is 18.0 Å². The molecule has 1 N–H and O–H groups in total. The number of hydrogen-bond acceptors (Lipinski definition) is 7. The molecule has 39 heavy (non-hydrogen) atoms. The van der Waals surface area contributed by atoms with Gasteiger partial charge in [0.05, 0.1) is 13.2 Å². The molecule has 0 unspecified atom stereocenters. The van der Waals surface area contributed by atoms with Gasteiger partial charge in [-0.3, -0.25) is 4.90 Å². The number of rotatable bonds is 7. The Morgan fingerprint density at radius 3 is 2.69 bits per heavy atom. The van der Waals surface area contributed by atoms with Crippen LogP contribution in [-0.4, -0.2) is 56.1 Å². The van der Waals surface area contributed by atoms with E-state index in [1.165, 1.54) is 12.1 Å². The van der Waals surface area contributed by atoms with E-state index in [9.17, 15) is 9.50 Å². The monoisotopic (exact) mass is 527 g/mol. The number of nitrogens with zero attached hydrogens (tertiary/aromatic N) is 5. The van der Waals surface area contributed by atoms with Crippen LogP contribution >= 0.6 is 0 Å². The van der Waals surface area contributed by atoms with E-state index < -0.39 is 0 Å². The maximum atomic E-state index is 14.2. The maximum absolute atomic E-state index is 14.2. The Bertz CT molecular complexity index is 1650. The standard InChI is InChI=1S/C30H30FN5O3/c1-35(25-8-5-9-26(25)37)16-18-12-24-28(27(13-18)38-3)39-30(33-24)20-7-4-6-19(14-20)22-11-10-21(31)15-23(22)29-34-32-17-36(29)2/h4,6-7,10-15,17,25-26,37H,5,8-9,16H2,1-3H3/t25-,26+/m1/s1. The summed E-state index contributed by atoms with van der Waals surface area (Å²) in [4.78, 5) is 7.00. The predicted octanol–water partition coefficient (Wildman–Crippen LogP) is 5.45. The largest absolute Gasteiger partial charge is 0.493 e. The third-order valence-corrected chi connectivity index (χ3v) is 7.53. The molecule has 8 nitrogen and oxygen atoms in total. The summed E-state index contributed by atoms with van der Waals surface area (Å²) in [6, 6.07) is 16.6. The molecule has 5 aromatic rings. The van der Waals surface area contributed by atoms with Crippen molar-refractivity contribution in [1.82, 2.24) is 24.6 Å². The number of fused-ring (bicyclic) bond motifs is 1. The maximum Gasteiger partial charge on any atom is 0.227 e. The average molecular weight is 528 g/mol. The molecular weight excluding hydrogens is 497 g/mol. The molecule has 1 aliphatic carbocycles. The molecule has 1 saturated carbocycles. The fraction of sp³-hybridized carbons (Fsp3) is 0.300. The normalized spacial score (nSPS) is 17.4. The van der Waals surface area contributed by atoms with Gasteiger partial charge in [-0.05, 0) is 79.4 Å². The molecule has 3 aromatic carbocycles. The second-order valence-electron chi connectivity index (χ2n) is 10.2. The summed E-state index contributed by atoms with van der Waals surface area (Å²) in [6.07, 6.45) is 4.19. The minimum absolute atomic E-state index is 0.153. The number of methoxy groups -OCH3 is 1. The van der Waals surface area contributed by atoms with E-state index in [0.717, 1.165) is 41.5 Å². The van der Waals surface area contributed by atoms with Gasteiger partial charge < -0.3 is 18.8 Å². The number of aliphatic hydroxyl groups is 1. The number of halogens is 1. The molecule has 2 heterocycles. The topological polar surface area (TPSA) is 89.4 Å². The smallest absolute Gasteiger partial charge is 0.227 e. The molecular formula is C30H30FN5O3. The van der Waals surface area contributed by atoms with E-state index in [1.54, 1.807) is 24.1 Å². The van der Waals surface area contributed by atoms with Gasteiger partial charge in [-0.25, -0.2) is 9.37 Å². The third kappa shape index (κ3) is 4.79. The van der Waals surface area contributed by atoms with Crippen LogP contribution in [0.2, 0.25) is 0 Å². The van der Waals surface area contributed by atoms with Crippen molar-refractivity contribution in [3.05, 3.63) is 72.3 Å². The van der Waals surface area contributed by atoms with Crippen molar-refractivity contribution in [3.63, 3.8) is 0 Å². The van der Waals surface area contributed by atoms with Gasteiger partial charge in [0.25, 0.3) is 0 Å². The van der Waals surface area contributed by atoms with Crippen molar-refractivity contribution in [2.24, 2.45) is 7.05 Å². The van der Waals surface area contributed by atoms with Crippen LogP contribution in [0.5, 0.6) is 5.75 Å². The fourth-order valence-corrected chi connectivity index (χ4v) is 5.56. The van der Waals surface area contributed by atoms with Crippen molar-refractivity contribution in [3.8, 4) is 39.7 Å². The first-order valence-corrected chi connectivity index (χ1v) is 13.0. The summed E-state index contributed by atoms with van der Waals surface area (Å²) in [5, 5.41) is 18.5. The summed E-state index contributed by atoms with van der Waals surface area (Å²) >= 11 is 0. The first-order chi connectivity index (χ1) is 18.9.